The van der Waals surface area contributed by atoms with Crippen molar-refractivity contribution >= 4 is 29.0 Å². The lowest BCUT2D eigenvalue weighted by molar-refractivity contribution is -0.384. The number of hydrogen-bond acceptors (Lipinski definition) is 7. The van der Waals surface area contributed by atoms with Gasteiger partial charge < -0.3 is 15.4 Å². The van der Waals surface area contributed by atoms with E-state index in [1.165, 1.54) is 31.3 Å². The zero-order chi connectivity index (χ0) is 21.0. The van der Waals surface area contributed by atoms with Crippen molar-refractivity contribution < 1.29 is 24.0 Å². The molecule has 9 nitrogen and oxygen atoms in total. The summed E-state index contributed by atoms with van der Waals surface area (Å²) in [5.74, 6) is -1.78. The summed E-state index contributed by atoms with van der Waals surface area (Å²) in [6.45, 7) is -0.444. The van der Waals surface area contributed by atoms with Crippen LogP contribution in [0.2, 0.25) is 0 Å². The lowest BCUT2D eigenvalue weighted by Gasteiger charge is -2.10. The number of nitro groups is 1. The smallest absolute Gasteiger partial charge is 0.339 e. The Hall–Kier alpha value is -3.75. The van der Waals surface area contributed by atoms with Gasteiger partial charge in [0.1, 0.15) is 5.69 Å². The lowest BCUT2D eigenvalue weighted by Crippen LogP contribution is -2.30. The molecule has 0 unspecified atom stereocenters. The summed E-state index contributed by atoms with van der Waals surface area (Å²) in [5.41, 5.74) is 0.0853. The number of esters is 1. The van der Waals surface area contributed by atoms with E-state index in [0.717, 1.165) is 18.9 Å². The zero-order valence-electron chi connectivity index (χ0n) is 15.6. The van der Waals surface area contributed by atoms with Gasteiger partial charge in [-0.15, -0.1) is 0 Å². The summed E-state index contributed by atoms with van der Waals surface area (Å²) in [6.07, 6.45) is 1.82. The molecule has 0 aromatic heterocycles. The molecule has 0 heterocycles. The topological polar surface area (TPSA) is 128 Å². The summed E-state index contributed by atoms with van der Waals surface area (Å²) < 4.78 is 5.02. The first kappa shape index (κ1) is 20.0. The molecular weight excluding hydrogens is 378 g/mol. The number of ether oxygens (including phenoxy) is 1. The summed E-state index contributed by atoms with van der Waals surface area (Å²) in [7, 11) is 1.54. The fourth-order valence-electron chi connectivity index (χ4n) is 2.76. The molecule has 9 heteroatoms. The maximum absolute atomic E-state index is 12.9. The number of anilines is 1. The number of carbonyl (C=O) groups excluding carboxylic acids is 3. The number of carbonyl (C=O) groups is 3. The molecule has 0 bridgehead atoms. The van der Waals surface area contributed by atoms with Gasteiger partial charge in [0.15, 0.2) is 12.4 Å². The van der Waals surface area contributed by atoms with Crippen molar-refractivity contribution in [3.8, 4) is 0 Å². The van der Waals surface area contributed by atoms with Crippen molar-refractivity contribution in [1.82, 2.24) is 5.32 Å². The molecule has 0 saturated heterocycles. The number of amides is 1. The molecular formula is C20H19N3O6. The van der Waals surface area contributed by atoms with Crippen LogP contribution in [0.3, 0.4) is 0 Å². The summed E-state index contributed by atoms with van der Waals surface area (Å²) in [6, 6.07) is 10.1. The third-order valence-electron chi connectivity index (χ3n) is 4.39. The molecule has 0 spiro atoms. The molecule has 2 N–H and O–H groups in total. The average Bonchev–Trinajstić information content (AvgIpc) is 3.54. The highest BCUT2D eigenvalue weighted by Crippen LogP contribution is 2.27. The summed E-state index contributed by atoms with van der Waals surface area (Å²) in [5, 5.41) is 16.6. The van der Waals surface area contributed by atoms with Crippen LogP contribution < -0.4 is 10.6 Å². The van der Waals surface area contributed by atoms with Crippen molar-refractivity contribution in [3.63, 3.8) is 0 Å². The number of nitrogens with zero attached hydrogens (tertiary/aromatic N) is 1. The minimum Gasteiger partial charge on any atom is -0.452 e. The van der Waals surface area contributed by atoms with E-state index in [9.17, 15) is 24.5 Å². The molecule has 29 heavy (non-hydrogen) atoms. The van der Waals surface area contributed by atoms with Gasteiger partial charge in [-0.1, -0.05) is 18.2 Å². The summed E-state index contributed by atoms with van der Waals surface area (Å²) >= 11 is 0. The first-order chi connectivity index (χ1) is 13.9. The predicted molar refractivity (Wildman–Crippen MR) is 104 cm³/mol. The van der Waals surface area contributed by atoms with Crippen molar-refractivity contribution in [1.29, 1.82) is 0 Å². The highest BCUT2D eigenvalue weighted by atomic mass is 16.6. The Bertz CT molecular complexity index is 984. The maximum Gasteiger partial charge on any atom is 0.339 e. The van der Waals surface area contributed by atoms with Crippen molar-refractivity contribution in [2.45, 2.75) is 18.9 Å². The van der Waals surface area contributed by atoms with Gasteiger partial charge in [0, 0.05) is 30.3 Å². The normalized spacial score (nSPS) is 12.7. The number of hydrogen-bond donors (Lipinski definition) is 2. The molecule has 0 aliphatic heterocycles. The fraction of sp³-hybridized carbons (Fsp3) is 0.250. The number of ketones is 1. The number of nitrogens with one attached hydrogen (secondary N) is 2. The molecule has 3 rings (SSSR count). The third kappa shape index (κ3) is 4.75. The maximum atomic E-state index is 12.9. The fourth-order valence-corrected chi connectivity index (χ4v) is 2.76. The van der Waals surface area contributed by atoms with E-state index in [1.54, 1.807) is 12.1 Å². The minimum atomic E-state index is -0.818. The van der Waals surface area contributed by atoms with Gasteiger partial charge in [-0.3, -0.25) is 19.7 Å². The van der Waals surface area contributed by atoms with Gasteiger partial charge in [0.25, 0.3) is 11.6 Å². The first-order valence-corrected chi connectivity index (χ1v) is 8.97. The van der Waals surface area contributed by atoms with Crippen molar-refractivity contribution in [3.05, 3.63) is 69.3 Å². The number of rotatable bonds is 8. The predicted octanol–water partition coefficient (Wildman–Crippen LogP) is 2.30. The van der Waals surface area contributed by atoms with Crippen LogP contribution in [0.1, 0.15) is 39.1 Å². The van der Waals surface area contributed by atoms with Crippen LogP contribution >= 0.6 is 0 Å². The van der Waals surface area contributed by atoms with Crippen molar-refractivity contribution in [2.75, 3.05) is 19.0 Å². The second-order valence-electron chi connectivity index (χ2n) is 6.53. The molecule has 1 fully saturated rings. The Morgan fingerprint density at radius 2 is 1.83 bits per heavy atom. The highest BCUT2D eigenvalue weighted by molar-refractivity contribution is 6.15. The van der Waals surface area contributed by atoms with E-state index in [4.69, 9.17) is 4.74 Å². The molecule has 1 amide bonds. The van der Waals surface area contributed by atoms with E-state index >= 15 is 0 Å². The van der Waals surface area contributed by atoms with Crippen LogP contribution in [0.5, 0.6) is 0 Å². The minimum absolute atomic E-state index is 0.0166. The average molecular weight is 397 g/mol. The van der Waals surface area contributed by atoms with E-state index < -0.39 is 29.2 Å². The number of benzene rings is 2. The third-order valence-corrected chi connectivity index (χ3v) is 4.39. The Morgan fingerprint density at radius 1 is 1.14 bits per heavy atom. The second-order valence-corrected chi connectivity index (χ2v) is 6.53. The molecule has 2 aromatic rings. The van der Waals surface area contributed by atoms with Gasteiger partial charge in [0.05, 0.1) is 10.5 Å². The Morgan fingerprint density at radius 3 is 2.45 bits per heavy atom. The quantitative estimate of drug-likeness (QED) is 0.303. The Labute approximate surface area is 166 Å². The molecule has 0 radical (unpaired) electrons. The molecule has 150 valence electrons. The molecule has 1 aliphatic carbocycles. The highest BCUT2D eigenvalue weighted by Gasteiger charge is 2.25. The van der Waals surface area contributed by atoms with Gasteiger partial charge in [-0.2, -0.15) is 0 Å². The zero-order valence-corrected chi connectivity index (χ0v) is 15.6. The van der Waals surface area contributed by atoms with E-state index in [-0.39, 0.29) is 34.1 Å². The SMILES string of the molecule is CNc1ccc(C(=O)c2ccccc2C(=O)OCC(=O)NC2CC2)cc1[N+](=O)[O-]. The number of nitro benzene ring substituents is 1. The standard InChI is InChI=1S/C20H19N3O6/c1-21-16-9-6-12(10-17(16)23(27)28)19(25)14-4-2-3-5-15(14)20(26)29-11-18(24)22-13-7-8-13/h2-6,9-10,13,21H,7-8,11H2,1H3,(H,22,24). The van der Waals surface area contributed by atoms with E-state index in [2.05, 4.69) is 10.6 Å². The largest absolute Gasteiger partial charge is 0.452 e. The van der Waals surface area contributed by atoms with Crippen LogP contribution in [0.4, 0.5) is 11.4 Å². The lowest BCUT2D eigenvalue weighted by atomic mass is 9.97. The van der Waals surface area contributed by atoms with Crippen LogP contribution in [0.15, 0.2) is 42.5 Å². The van der Waals surface area contributed by atoms with Gasteiger partial charge >= 0.3 is 5.97 Å². The molecule has 0 atom stereocenters. The molecule has 1 aliphatic rings. The van der Waals surface area contributed by atoms with Gasteiger partial charge in [0.2, 0.25) is 0 Å². The summed E-state index contributed by atoms with van der Waals surface area (Å²) in [4.78, 5) is 47.7. The first-order valence-electron chi connectivity index (χ1n) is 8.97. The van der Waals surface area contributed by atoms with Crippen molar-refractivity contribution in [2.24, 2.45) is 0 Å². The van der Waals surface area contributed by atoms with Crippen LogP contribution in [-0.2, 0) is 9.53 Å². The van der Waals surface area contributed by atoms with E-state index in [0.29, 0.717) is 0 Å². The monoisotopic (exact) mass is 397 g/mol. The molecule has 1 saturated carbocycles. The molecule has 2 aromatic carbocycles. The van der Waals surface area contributed by atoms with Crippen LogP contribution in [-0.4, -0.2) is 42.3 Å². The van der Waals surface area contributed by atoms with E-state index in [1.807, 2.05) is 0 Å². The van der Waals surface area contributed by atoms with Gasteiger partial charge in [-0.05, 0) is 31.0 Å². The Kier molecular flexibility index (Phi) is 5.87. The second kappa shape index (κ2) is 8.51. The van der Waals surface area contributed by atoms with Crippen LogP contribution in [0, 0.1) is 10.1 Å². The Balaban J connectivity index is 1.81. The van der Waals surface area contributed by atoms with Crippen LogP contribution in [0.25, 0.3) is 0 Å². The van der Waals surface area contributed by atoms with Gasteiger partial charge in [-0.25, -0.2) is 4.79 Å².